The van der Waals surface area contributed by atoms with Crippen molar-refractivity contribution in [1.82, 2.24) is 9.47 Å². The fourth-order valence-corrected chi connectivity index (χ4v) is 5.24. The van der Waals surface area contributed by atoms with E-state index >= 15 is 4.39 Å². The van der Waals surface area contributed by atoms with Crippen LogP contribution < -0.4 is 79.6 Å². The number of nitrogens with zero attached hydrogens (tertiary/aromatic N) is 2. The summed E-state index contributed by atoms with van der Waals surface area (Å²) < 4.78 is 55.9. The average Bonchev–Trinajstić information content (AvgIpc) is 2.82. The Balaban J connectivity index is 0.00000380. The first-order valence-corrected chi connectivity index (χ1v) is 14.1. The minimum atomic E-state index is -6.35. The molecule has 1 aromatic heterocycles. The maximum Gasteiger partial charge on any atom is 1.00 e. The molecule has 14 heteroatoms. The number of alkyl halides is 2. The molecule has 0 atom stereocenters. The van der Waals surface area contributed by atoms with Gasteiger partial charge in [-0.3, -0.25) is 9.59 Å². The number of hydrogen-bond donors (Lipinski definition) is 1. The van der Waals surface area contributed by atoms with Gasteiger partial charge in [-0.05, 0) is 37.8 Å². The Kier molecular flexibility index (Phi) is 14.3. The quantitative estimate of drug-likeness (QED) is 0.256. The van der Waals surface area contributed by atoms with Gasteiger partial charge >= 0.3 is 59.1 Å². The first-order chi connectivity index (χ1) is 17.3. The minimum absolute atomic E-state index is 0. The predicted molar refractivity (Wildman–Crippen MR) is 132 cm³/mol. The van der Waals surface area contributed by atoms with Crippen LogP contribution in [0, 0.1) is 5.82 Å². The molecule has 0 saturated heterocycles. The molecule has 1 heterocycles. The molecule has 0 radical (unpaired) electrons. The van der Waals surface area contributed by atoms with E-state index in [-0.39, 0.29) is 87.8 Å². The van der Waals surface area contributed by atoms with E-state index in [2.05, 4.69) is 5.32 Å². The van der Waals surface area contributed by atoms with Gasteiger partial charge in [0, 0.05) is 43.7 Å². The first-order valence-electron chi connectivity index (χ1n) is 12.6. The van der Waals surface area contributed by atoms with Crippen LogP contribution in [-0.4, -0.2) is 33.6 Å². The van der Waals surface area contributed by atoms with Gasteiger partial charge in [0.25, 0.3) is 5.66 Å². The van der Waals surface area contributed by atoms with Crippen molar-refractivity contribution in [3.8, 4) is 0 Å². The number of pyridine rings is 1. The Bertz CT molecular complexity index is 1250. The maximum absolute atomic E-state index is 15.2. The summed E-state index contributed by atoms with van der Waals surface area (Å²) >= 11 is 0. The van der Waals surface area contributed by atoms with Crippen molar-refractivity contribution in [3.05, 3.63) is 39.9 Å². The fraction of sp³-hybridized carbons (Fsp3) is 0.600. The summed E-state index contributed by atoms with van der Waals surface area (Å²) in [7, 11) is -6.35. The predicted octanol–water partition coefficient (Wildman–Crippen LogP) is -1.89. The molecule has 206 valence electrons. The molecule has 0 unspecified atom stereocenters. The van der Waals surface area contributed by atoms with E-state index in [1.54, 1.807) is 10.6 Å². The number of anilines is 1. The van der Waals surface area contributed by atoms with E-state index in [1.807, 2.05) is 13.8 Å². The molecule has 1 aromatic carbocycles. The van der Waals surface area contributed by atoms with Crippen molar-refractivity contribution >= 4 is 30.1 Å². The van der Waals surface area contributed by atoms with Crippen LogP contribution in [0.25, 0.3) is 10.9 Å². The largest absolute Gasteiger partial charge is 1.00 e. The van der Waals surface area contributed by atoms with Crippen molar-refractivity contribution < 1.29 is 91.4 Å². The van der Waals surface area contributed by atoms with E-state index in [0.29, 0.717) is 23.3 Å². The number of halogens is 3. The molecule has 8 nitrogen and oxygen atoms in total. The summed E-state index contributed by atoms with van der Waals surface area (Å²) in [6, 6.07) is 2.70. The molecular weight excluding hydrogens is 556 g/mol. The van der Waals surface area contributed by atoms with Gasteiger partial charge in [-0.25, -0.2) is 4.39 Å². The van der Waals surface area contributed by atoms with Crippen molar-refractivity contribution in [2.75, 3.05) is 11.9 Å². The van der Waals surface area contributed by atoms with Crippen molar-refractivity contribution in [2.45, 2.75) is 90.0 Å². The van der Waals surface area contributed by atoms with Gasteiger partial charge < -0.3 is 29.1 Å². The van der Waals surface area contributed by atoms with Crippen LogP contribution in [-0.2, 0) is 15.9 Å². The number of nitrogens with one attached hydrogen (secondary N) is 1. The van der Waals surface area contributed by atoms with Gasteiger partial charge in [-0.15, -0.1) is 0 Å². The van der Waals surface area contributed by atoms with E-state index in [0.717, 1.165) is 45.1 Å². The third-order valence-corrected chi connectivity index (χ3v) is 8.03. The van der Waals surface area contributed by atoms with Crippen LogP contribution in [0.2, 0.25) is 0 Å². The molecule has 0 spiro atoms. The van der Waals surface area contributed by atoms with Crippen LogP contribution in [0.3, 0.4) is 0 Å². The van der Waals surface area contributed by atoms with Gasteiger partial charge in [0.1, 0.15) is 5.82 Å². The van der Waals surface area contributed by atoms with Crippen molar-refractivity contribution in [3.63, 3.8) is 0 Å². The molecule has 3 rings (SSSR count). The molecule has 1 aliphatic rings. The number of carbonyl (C=O) groups is 1. The van der Waals surface area contributed by atoms with Gasteiger partial charge in [0.05, 0.1) is 24.3 Å². The number of fused-ring (bicyclic) bond motifs is 1. The van der Waals surface area contributed by atoms with E-state index in [1.165, 1.54) is 6.20 Å². The second-order valence-electron chi connectivity index (χ2n) is 9.73. The number of rotatable bonds is 10. The maximum atomic E-state index is 15.2. The SMILES string of the molecule is CCC(CC)n1cc(CN(CC(F)(F)P(=O)([O-])[O-])C(C)=O)c(=O)c2cc(F)c(NC3CCCCC3)cc21.[Na+].[Na+]. The van der Waals surface area contributed by atoms with E-state index < -0.39 is 43.5 Å². The monoisotopic (exact) mass is 589 g/mol. The van der Waals surface area contributed by atoms with Gasteiger partial charge in [-0.2, -0.15) is 8.78 Å². The third kappa shape index (κ3) is 8.82. The van der Waals surface area contributed by atoms with Crippen LogP contribution >= 0.6 is 7.60 Å². The summed E-state index contributed by atoms with van der Waals surface area (Å²) in [6.07, 6.45) is 7.83. The Morgan fingerprint density at radius 2 is 1.77 bits per heavy atom. The molecule has 1 amide bonds. The Hall–Kier alpha value is -0.360. The molecule has 39 heavy (non-hydrogen) atoms. The number of hydrogen-bond acceptors (Lipinski definition) is 6. The fourth-order valence-electron chi connectivity index (χ4n) is 4.90. The second-order valence-corrected chi connectivity index (χ2v) is 11.4. The molecule has 0 bridgehead atoms. The summed E-state index contributed by atoms with van der Waals surface area (Å²) in [6.45, 7) is 2.45. The number of benzene rings is 1. The van der Waals surface area contributed by atoms with Crippen LogP contribution in [0.4, 0.5) is 18.9 Å². The summed E-state index contributed by atoms with van der Waals surface area (Å²) in [5.74, 6) is -1.57. The summed E-state index contributed by atoms with van der Waals surface area (Å²) in [4.78, 5) is 47.9. The van der Waals surface area contributed by atoms with Crippen LogP contribution in [0.5, 0.6) is 0 Å². The molecule has 1 fully saturated rings. The number of carbonyl (C=O) groups excluding carboxylic acids is 1. The standard InChI is InChI=1S/C25H35F3N3O5P.2Na/c1-4-19(5-2)31-14-17(13-30(16(3)32)15-25(27,28)37(34,35)36)24(33)20-11-21(26)22(12-23(20)31)29-18-9-7-6-8-10-18;;/h11-12,14,18-19,29H,4-10,13,15H2,1-3H3,(H2,34,35,36);;/q;2*+1/p-2. The minimum Gasteiger partial charge on any atom is -0.806 e. The zero-order valence-electron chi connectivity index (χ0n) is 23.3. The molecule has 1 saturated carbocycles. The van der Waals surface area contributed by atoms with Crippen molar-refractivity contribution in [1.29, 1.82) is 0 Å². The third-order valence-electron chi connectivity index (χ3n) is 7.08. The van der Waals surface area contributed by atoms with Crippen molar-refractivity contribution in [2.24, 2.45) is 0 Å². The smallest absolute Gasteiger partial charge is 0.806 e. The Morgan fingerprint density at radius 3 is 2.28 bits per heavy atom. The molecule has 1 aliphatic carbocycles. The zero-order chi connectivity index (χ0) is 27.5. The Morgan fingerprint density at radius 1 is 1.18 bits per heavy atom. The van der Waals surface area contributed by atoms with Gasteiger partial charge in [-0.1, -0.05) is 33.1 Å². The Labute approximate surface area is 270 Å². The number of aromatic nitrogens is 1. The van der Waals surface area contributed by atoms with Crippen LogP contribution in [0.15, 0.2) is 23.1 Å². The average molecular weight is 590 g/mol. The second kappa shape index (κ2) is 15.2. The normalized spacial score (nSPS) is 14.6. The molecule has 0 aliphatic heterocycles. The molecule has 1 N–H and O–H groups in total. The van der Waals surface area contributed by atoms with Gasteiger partial charge in [0.15, 0.2) is 5.43 Å². The topological polar surface area (TPSA) is 118 Å². The molecular formula is C25H33F3N3Na2O5P. The first kappa shape index (κ1) is 36.7. The van der Waals surface area contributed by atoms with E-state index in [9.17, 15) is 32.7 Å². The summed E-state index contributed by atoms with van der Waals surface area (Å²) in [5, 5.41) is 3.27. The zero-order valence-corrected chi connectivity index (χ0v) is 28.2. The summed E-state index contributed by atoms with van der Waals surface area (Å²) in [5.41, 5.74) is -4.73. The van der Waals surface area contributed by atoms with Gasteiger partial charge in [0.2, 0.25) is 5.91 Å². The van der Waals surface area contributed by atoms with E-state index in [4.69, 9.17) is 0 Å². The van der Waals surface area contributed by atoms with Crippen LogP contribution in [0.1, 0.15) is 77.3 Å². The number of amides is 1. The molecule has 2 aromatic rings.